The summed E-state index contributed by atoms with van der Waals surface area (Å²) in [7, 11) is 0. The molecule has 0 saturated carbocycles. The summed E-state index contributed by atoms with van der Waals surface area (Å²) in [6.45, 7) is 4.90. The van der Waals surface area contributed by atoms with E-state index >= 15 is 0 Å². The number of carbonyl (C=O) groups is 2. The van der Waals surface area contributed by atoms with Crippen molar-refractivity contribution in [2.24, 2.45) is 11.8 Å². The average molecular weight is 399 g/mol. The number of amides is 3. The number of urea groups is 1. The first-order chi connectivity index (χ1) is 12.5. The Labute approximate surface area is 165 Å². The lowest BCUT2D eigenvalue weighted by Gasteiger charge is -2.35. The highest BCUT2D eigenvalue weighted by Crippen LogP contribution is 2.20. The number of piperidine rings is 2. The number of nitrogens with zero attached hydrogens (tertiary/aromatic N) is 1. The Morgan fingerprint density at radius 3 is 2.78 bits per heavy atom. The lowest BCUT2D eigenvalue weighted by Crippen LogP contribution is -2.52. The van der Waals surface area contributed by atoms with Crippen LogP contribution in [0.1, 0.15) is 26.2 Å². The number of nitrogens with one attached hydrogen (secondary N) is 3. The molecular weight excluding hydrogens is 371 g/mol. The zero-order chi connectivity index (χ0) is 18.5. The Morgan fingerprint density at radius 1 is 1.26 bits per heavy atom. The van der Waals surface area contributed by atoms with Gasteiger partial charge in [-0.05, 0) is 50.4 Å². The molecule has 6 nitrogen and oxygen atoms in total. The van der Waals surface area contributed by atoms with Crippen molar-refractivity contribution in [1.82, 2.24) is 15.5 Å². The number of para-hydroxylation sites is 1. The second-order valence-electron chi connectivity index (χ2n) is 7.28. The van der Waals surface area contributed by atoms with Crippen LogP contribution in [0, 0.1) is 17.7 Å². The molecular formula is C19H28ClFN4O2. The molecule has 2 fully saturated rings. The highest BCUT2D eigenvalue weighted by atomic mass is 35.5. The molecule has 2 saturated heterocycles. The van der Waals surface area contributed by atoms with E-state index in [1.165, 1.54) is 12.1 Å². The summed E-state index contributed by atoms with van der Waals surface area (Å²) < 4.78 is 13.7. The van der Waals surface area contributed by atoms with Crippen molar-refractivity contribution in [3.8, 4) is 0 Å². The lowest BCUT2D eigenvalue weighted by molar-refractivity contribution is -0.127. The van der Waals surface area contributed by atoms with Crippen molar-refractivity contribution < 1.29 is 14.0 Å². The molecule has 0 bridgehead atoms. The average Bonchev–Trinajstić information content (AvgIpc) is 2.65. The summed E-state index contributed by atoms with van der Waals surface area (Å²) in [4.78, 5) is 26.7. The smallest absolute Gasteiger partial charge is 0.321 e. The molecule has 2 aliphatic heterocycles. The first-order valence-electron chi connectivity index (χ1n) is 9.36. The topological polar surface area (TPSA) is 73.5 Å². The van der Waals surface area contributed by atoms with Gasteiger partial charge in [0.15, 0.2) is 0 Å². The molecule has 27 heavy (non-hydrogen) atoms. The van der Waals surface area contributed by atoms with Crippen LogP contribution in [0.15, 0.2) is 24.3 Å². The fourth-order valence-electron chi connectivity index (χ4n) is 3.66. The number of carbonyl (C=O) groups excluding carboxylic acids is 2. The van der Waals surface area contributed by atoms with Crippen LogP contribution in [-0.2, 0) is 4.79 Å². The van der Waals surface area contributed by atoms with Gasteiger partial charge in [-0.2, -0.15) is 0 Å². The summed E-state index contributed by atoms with van der Waals surface area (Å²) in [5.74, 6) is -0.256. The van der Waals surface area contributed by atoms with Gasteiger partial charge in [0.05, 0.1) is 11.6 Å². The van der Waals surface area contributed by atoms with Gasteiger partial charge in [0.25, 0.3) is 0 Å². The molecule has 0 aromatic heterocycles. The first kappa shape index (κ1) is 21.4. The van der Waals surface area contributed by atoms with Crippen molar-refractivity contribution in [1.29, 1.82) is 0 Å². The van der Waals surface area contributed by atoms with E-state index in [1.807, 2.05) is 0 Å². The molecule has 2 heterocycles. The van der Waals surface area contributed by atoms with Gasteiger partial charge in [-0.1, -0.05) is 19.1 Å². The Morgan fingerprint density at radius 2 is 2.04 bits per heavy atom. The molecule has 0 aliphatic carbocycles. The molecule has 3 amide bonds. The van der Waals surface area contributed by atoms with Gasteiger partial charge in [-0.25, -0.2) is 9.18 Å². The number of halogens is 2. The van der Waals surface area contributed by atoms with Crippen molar-refractivity contribution in [3.63, 3.8) is 0 Å². The zero-order valence-electron chi connectivity index (χ0n) is 15.5. The van der Waals surface area contributed by atoms with Crippen LogP contribution in [0.3, 0.4) is 0 Å². The standard InChI is InChI=1S/C19H27FN4O2.ClH/c1-13-11-21-9-8-16(13)22-18(25)14-5-4-10-24(12-14)19(26)23-17-7-3-2-6-15(17)20;/h2-3,6-7,13-14,16,21H,4-5,8-12H2,1H3,(H,22,25)(H,23,26);1H. The Kier molecular flexibility index (Phi) is 7.86. The molecule has 3 atom stereocenters. The fraction of sp³-hybridized carbons (Fsp3) is 0.579. The van der Waals surface area contributed by atoms with Gasteiger partial charge >= 0.3 is 6.03 Å². The minimum absolute atomic E-state index is 0. The number of benzene rings is 1. The van der Waals surface area contributed by atoms with E-state index in [-0.39, 0.29) is 42.0 Å². The van der Waals surface area contributed by atoms with Gasteiger partial charge in [0, 0.05) is 19.1 Å². The van der Waals surface area contributed by atoms with E-state index < -0.39 is 5.82 Å². The SMILES string of the molecule is CC1CNCCC1NC(=O)C1CCCN(C(=O)Nc2ccccc2F)C1.Cl. The van der Waals surface area contributed by atoms with Crippen molar-refractivity contribution in [2.45, 2.75) is 32.2 Å². The number of anilines is 1. The van der Waals surface area contributed by atoms with Gasteiger partial charge in [-0.3, -0.25) is 4.79 Å². The van der Waals surface area contributed by atoms with E-state index in [0.29, 0.717) is 19.0 Å². The number of rotatable bonds is 3. The molecule has 3 N–H and O–H groups in total. The molecule has 1 aromatic rings. The molecule has 3 rings (SSSR count). The van der Waals surface area contributed by atoms with Crippen LogP contribution >= 0.6 is 12.4 Å². The van der Waals surface area contributed by atoms with E-state index in [4.69, 9.17) is 0 Å². The molecule has 0 spiro atoms. The summed E-state index contributed by atoms with van der Waals surface area (Å²) in [5.41, 5.74) is 0.160. The van der Waals surface area contributed by atoms with Gasteiger partial charge in [0.2, 0.25) is 5.91 Å². The van der Waals surface area contributed by atoms with Crippen LogP contribution in [0.4, 0.5) is 14.9 Å². The van der Waals surface area contributed by atoms with E-state index in [1.54, 1.807) is 17.0 Å². The molecule has 0 radical (unpaired) electrons. The van der Waals surface area contributed by atoms with Crippen LogP contribution < -0.4 is 16.0 Å². The van der Waals surface area contributed by atoms with Gasteiger partial charge < -0.3 is 20.9 Å². The Hall–Kier alpha value is -1.86. The molecule has 150 valence electrons. The Bertz CT molecular complexity index is 660. The normalized spacial score (nSPS) is 25.3. The highest BCUT2D eigenvalue weighted by Gasteiger charge is 2.31. The van der Waals surface area contributed by atoms with E-state index in [0.717, 1.165) is 32.4 Å². The van der Waals surface area contributed by atoms with Crippen LogP contribution in [-0.4, -0.2) is 49.1 Å². The fourth-order valence-corrected chi connectivity index (χ4v) is 3.66. The zero-order valence-corrected chi connectivity index (χ0v) is 16.4. The second kappa shape index (κ2) is 9.90. The Balaban J connectivity index is 0.00000261. The van der Waals surface area contributed by atoms with E-state index in [2.05, 4.69) is 22.9 Å². The maximum absolute atomic E-state index is 13.7. The summed E-state index contributed by atoms with van der Waals surface area (Å²) >= 11 is 0. The summed E-state index contributed by atoms with van der Waals surface area (Å²) in [5, 5.41) is 9.08. The van der Waals surface area contributed by atoms with Crippen LogP contribution in [0.25, 0.3) is 0 Å². The highest BCUT2D eigenvalue weighted by molar-refractivity contribution is 5.90. The van der Waals surface area contributed by atoms with Gasteiger partial charge in [-0.15, -0.1) is 12.4 Å². The number of hydrogen-bond donors (Lipinski definition) is 3. The monoisotopic (exact) mass is 398 g/mol. The lowest BCUT2D eigenvalue weighted by atomic mass is 9.92. The third kappa shape index (κ3) is 5.56. The van der Waals surface area contributed by atoms with E-state index in [9.17, 15) is 14.0 Å². The minimum Gasteiger partial charge on any atom is -0.353 e. The largest absolute Gasteiger partial charge is 0.353 e. The van der Waals surface area contributed by atoms with Crippen LogP contribution in [0.2, 0.25) is 0 Å². The predicted octanol–water partition coefficient (Wildman–Crippen LogP) is 2.61. The summed E-state index contributed by atoms with van der Waals surface area (Å²) in [6.07, 6.45) is 2.47. The van der Waals surface area contributed by atoms with Gasteiger partial charge in [0.1, 0.15) is 5.82 Å². The van der Waals surface area contributed by atoms with Crippen molar-refractivity contribution in [3.05, 3.63) is 30.1 Å². The molecule has 3 unspecified atom stereocenters. The third-order valence-electron chi connectivity index (χ3n) is 5.31. The maximum atomic E-state index is 13.7. The van der Waals surface area contributed by atoms with Crippen molar-refractivity contribution >= 4 is 30.0 Å². The minimum atomic E-state index is -0.466. The number of likely N-dealkylation sites (tertiary alicyclic amines) is 1. The van der Waals surface area contributed by atoms with Crippen LogP contribution in [0.5, 0.6) is 0 Å². The second-order valence-corrected chi connectivity index (χ2v) is 7.28. The quantitative estimate of drug-likeness (QED) is 0.732. The maximum Gasteiger partial charge on any atom is 0.321 e. The molecule has 1 aromatic carbocycles. The predicted molar refractivity (Wildman–Crippen MR) is 106 cm³/mol. The first-order valence-corrected chi connectivity index (χ1v) is 9.36. The van der Waals surface area contributed by atoms with Crippen molar-refractivity contribution in [2.75, 3.05) is 31.5 Å². The molecule has 8 heteroatoms. The summed E-state index contributed by atoms with van der Waals surface area (Å²) in [6, 6.07) is 5.91. The third-order valence-corrected chi connectivity index (χ3v) is 5.31. The number of hydrogen-bond acceptors (Lipinski definition) is 3. The molecule has 2 aliphatic rings.